The van der Waals surface area contributed by atoms with Crippen molar-refractivity contribution in [2.45, 2.75) is 12.8 Å². The predicted molar refractivity (Wildman–Crippen MR) is 97.4 cm³/mol. The molecule has 0 bridgehead atoms. The lowest BCUT2D eigenvalue weighted by atomic mass is 10.2. The number of hydrogen-bond acceptors (Lipinski definition) is 5. The lowest BCUT2D eigenvalue weighted by Crippen LogP contribution is -2.29. The van der Waals surface area contributed by atoms with E-state index in [1.807, 2.05) is 18.2 Å². The van der Waals surface area contributed by atoms with Gasteiger partial charge in [0.1, 0.15) is 10.1 Å². The Morgan fingerprint density at radius 2 is 2.26 bits per heavy atom. The first-order valence-electron chi connectivity index (χ1n) is 6.73. The van der Waals surface area contributed by atoms with Crippen LogP contribution in [-0.4, -0.2) is 39.9 Å². The molecule has 1 saturated heterocycles. The number of carbonyl (C=O) groups excluding carboxylic acids is 1. The summed E-state index contributed by atoms with van der Waals surface area (Å²) in [6.07, 6.45) is 2.16. The number of nitrogens with zero attached hydrogens (tertiary/aromatic N) is 1. The molecule has 5 nitrogen and oxygen atoms in total. The molecule has 8 heteroatoms. The number of thiocarbonyl (C=S) groups is 1. The average molecular weight is 416 g/mol. The number of amides is 1. The quantitative estimate of drug-likeness (QED) is 0.566. The minimum atomic E-state index is -0.880. The smallest absolute Gasteiger partial charge is 0.303 e. The highest BCUT2D eigenvalue weighted by molar-refractivity contribution is 9.10. The molecular weight excluding hydrogens is 402 g/mol. The summed E-state index contributed by atoms with van der Waals surface area (Å²) in [5.74, 6) is -0.352. The van der Waals surface area contributed by atoms with Crippen molar-refractivity contribution in [3.05, 3.63) is 33.1 Å². The van der Waals surface area contributed by atoms with E-state index in [4.69, 9.17) is 22.1 Å². The zero-order chi connectivity index (χ0) is 17.0. The first-order chi connectivity index (χ1) is 10.9. The van der Waals surface area contributed by atoms with Crippen molar-refractivity contribution >= 4 is 62.2 Å². The van der Waals surface area contributed by atoms with Gasteiger partial charge >= 0.3 is 5.97 Å². The van der Waals surface area contributed by atoms with Gasteiger partial charge in [0.25, 0.3) is 5.91 Å². The first-order valence-corrected chi connectivity index (χ1v) is 8.75. The second-order valence-electron chi connectivity index (χ2n) is 4.72. The molecule has 1 heterocycles. The molecule has 0 aromatic heterocycles. The molecule has 122 valence electrons. The second-order valence-corrected chi connectivity index (χ2v) is 7.25. The van der Waals surface area contributed by atoms with Gasteiger partial charge in [-0.05, 0) is 46.1 Å². The van der Waals surface area contributed by atoms with Crippen LogP contribution in [0.25, 0.3) is 6.08 Å². The van der Waals surface area contributed by atoms with Crippen LogP contribution < -0.4 is 4.74 Å². The maximum atomic E-state index is 12.4. The molecule has 0 aliphatic carbocycles. The Balaban J connectivity index is 2.11. The molecule has 23 heavy (non-hydrogen) atoms. The molecular formula is C15H14BrNO4S2. The number of benzene rings is 1. The Hall–Kier alpha value is -1.38. The number of ether oxygens (including phenoxy) is 1. The van der Waals surface area contributed by atoms with Crippen LogP contribution in [0, 0.1) is 0 Å². The molecule has 1 aromatic carbocycles. The monoisotopic (exact) mass is 415 g/mol. The first kappa shape index (κ1) is 18.0. The lowest BCUT2D eigenvalue weighted by molar-refractivity contribution is -0.137. The largest absolute Gasteiger partial charge is 0.496 e. The van der Waals surface area contributed by atoms with Gasteiger partial charge in [-0.15, -0.1) is 0 Å². The summed E-state index contributed by atoms with van der Waals surface area (Å²) in [6.45, 7) is 0.320. The molecule has 1 amide bonds. The number of halogens is 1. The minimum Gasteiger partial charge on any atom is -0.496 e. The van der Waals surface area contributed by atoms with E-state index in [2.05, 4.69) is 15.9 Å². The standard InChI is InChI=1S/C15H14BrNO4S2/c1-21-11-5-4-9(7-10(11)16)8-12-14(20)17(15(22)23-12)6-2-3-13(18)19/h4-5,7-8H,2-3,6H2,1H3,(H,18,19)/b12-8-. The highest BCUT2D eigenvalue weighted by atomic mass is 79.9. The third-order valence-electron chi connectivity index (χ3n) is 3.12. The zero-order valence-electron chi connectivity index (χ0n) is 12.2. The number of carbonyl (C=O) groups is 2. The van der Waals surface area contributed by atoms with Crippen molar-refractivity contribution < 1.29 is 19.4 Å². The molecule has 0 unspecified atom stereocenters. The zero-order valence-corrected chi connectivity index (χ0v) is 15.5. The van der Waals surface area contributed by atoms with Crippen LogP contribution in [0.5, 0.6) is 5.75 Å². The third kappa shape index (κ3) is 4.55. The van der Waals surface area contributed by atoms with Gasteiger partial charge in [0, 0.05) is 13.0 Å². The molecule has 1 fully saturated rings. The summed E-state index contributed by atoms with van der Waals surface area (Å²) in [4.78, 5) is 24.9. The highest BCUT2D eigenvalue weighted by Gasteiger charge is 2.31. The summed E-state index contributed by atoms with van der Waals surface area (Å²) in [6, 6.07) is 5.51. The van der Waals surface area contributed by atoms with Crippen LogP contribution in [0.3, 0.4) is 0 Å². The van der Waals surface area contributed by atoms with E-state index in [1.165, 1.54) is 16.7 Å². The van der Waals surface area contributed by atoms with Gasteiger partial charge in [0.05, 0.1) is 16.5 Å². The number of aliphatic carboxylic acids is 1. The maximum Gasteiger partial charge on any atom is 0.303 e. The molecule has 0 saturated carbocycles. The number of thioether (sulfide) groups is 1. The molecule has 1 N–H and O–H groups in total. The van der Waals surface area contributed by atoms with Crippen LogP contribution in [0.4, 0.5) is 0 Å². The van der Waals surface area contributed by atoms with Gasteiger partial charge in [0.2, 0.25) is 0 Å². The Morgan fingerprint density at radius 3 is 2.87 bits per heavy atom. The maximum absolute atomic E-state index is 12.4. The van der Waals surface area contributed by atoms with E-state index < -0.39 is 5.97 Å². The van der Waals surface area contributed by atoms with E-state index in [-0.39, 0.29) is 12.3 Å². The number of methoxy groups -OCH3 is 1. The normalized spacial score (nSPS) is 16.3. The topological polar surface area (TPSA) is 66.8 Å². The van der Waals surface area contributed by atoms with E-state index in [1.54, 1.807) is 13.2 Å². The summed E-state index contributed by atoms with van der Waals surface area (Å²) < 4.78 is 6.43. The van der Waals surface area contributed by atoms with E-state index in [0.717, 1.165) is 10.0 Å². The predicted octanol–water partition coefficient (Wildman–Crippen LogP) is 3.52. The number of hydrogen-bond donors (Lipinski definition) is 1. The number of carboxylic acid groups (broad SMARTS) is 1. The number of rotatable bonds is 6. The van der Waals surface area contributed by atoms with Crippen LogP contribution in [0.1, 0.15) is 18.4 Å². The van der Waals surface area contributed by atoms with E-state index >= 15 is 0 Å². The minimum absolute atomic E-state index is 0.0154. The van der Waals surface area contributed by atoms with Gasteiger partial charge in [-0.25, -0.2) is 0 Å². The van der Waals surface area contributed by atoms with Gasteiger partial charge in [0.15, 0.2) is 0 Å². The van der Waals surface area contributed by atoms with Crippen LogP contribution in [0.15, 0.2) is 27.6 Å². The molecule has 1 aliphatic heterocycles. The Morgan fingerprint density at radius 1 is 1.52 bits per heavy atom. The Kier molecular flexibility index (Phi) is 6.20. The van der Waals surface area contributed by atoms with Crippen molar-refractivity contribution in [2.24, 2.45) is 0 Å². The second kappa shape index (κ2) is 7.94. The third-order valence-corrected chi connectivity index (χ3v) is 5.12. The van der Waals surface area contributed by atoms with Gasteiger partial charge < -0.3 is 9.84 Å². The fraction of sp³-hybridized carbons (Fsp3) is 0.267. The summed E-state index contributed by atoms with van der Waals surface area (Å²) in [5, 5.41) is 8.67. The average Bonchev–Trinajstić information content (AvgIpc) is 2.74. The molecule has 1 aliphatic rings. The van der Waals surface area contributed by atoms with Crippen molar-refractivity contribution in [3.63, 3.8) is 0 Å². The van der Waals surface area contributed by atoms with Crippen LogP contribution >= 0.6 is 39.9 Å². The van der Waals surface area contributed by atoms with Crippen molar-refractivity contribution in [3.8, 4) is 5.75 Å². The van der Waals surface area contributed by atoms with E-state index in [0.29, 0.717) is 27.9 Å². The summed E-state index contributed by atoms with van der Waals surface area (Å²) in [5.41, 5.74) is 0.851. The SMILES string of the molecule is COc1ccc(/C=C2\SC(=S)N(CCCC(=O)O)C2=O)cc1Br. The van der Waals surface area contributed by atoms with Crippen molar-refractivity contribution in [1.29, 1.82) is 0 Å². The fourth-order valence-corrected chi connectivity index (χ4v) is 3.87. The van der Waals surface area contributed by atoms with Crippen molar-refractivity contribution in [1.82, 2.24) is 4.90 Å². The van der Waals surface area contributed by atoms with E-state index in [9.17, 15) is 9.59 Å². The van der Waals surface area contributed by atoms with Crippen LogP contribution in [0.2, 0.25) is 0 Å². The molecule has 2 rings (SSSR count). The molecule has 0 spiro atoms. The van der Waals surface area contributed by atoms with Gasteiger partial charge in [-0.1, -0.05) is 30.0 Å². The summed E-state index contributed by atoms with van der Waals surface area (Å²) >= 11 is 9.84. The lowest BCUT2D eigenvalue weighted by Gasteiger charge is -2.13. The Labute approximate surface area is 151 Å². The summed E-state index contributed by atoms with van der Waals surface area (Å²) in [7, 11) is 1.59. The van der Waals surface area contributed by atoms with Crippen LogP contribution in [-0.2, 0) is 9.59 Å². The fourth-order valence-electron chi connectivity index (χ4n) is 2.00. The molecule has 1 aromatic rings. The highest BCUT2D eigenvalue weighted by Crippen LogP contribution is 2.34. The molecule has 0 atom stereocenters. The molecule has 0 radical (unpaired) electrons. The van der Waals surface area contributed by atoms with Gasteiger partial charge in [-0.2, -0.15) is 0 Å². The van der Waals surface area contributed by atoms with Crippen molar-refractivity contribution in [2.75, 3.05) is 13.7 Å². The Bertz CT molecular complexity index is 690. The number of carboxylic acids is 1. The van der Waals surface area contributed by atoms with Gasteiger partial charge in [-0.3, -0.25) is 14.5 Å².